The van der Waals surface area contributed by atoms with Crippen molar-refractivity contribution >= 4 is 17.4 Å². The summed E-state index contributed by atoms with van der Waals surface area (Å²) in [5.41, 5.74) is 1.59. The third-order valence-corrected chi connectivity index (χ3v) is 3.69. The maximum absolute atomic E-state index is 12.3. The smallest absolute Gasteiger partial charge is 0.326 e. The molecule has 21 heavy (non-hydrogen) atoms. The number of allylic oxidation sites excluding steroid dienone is 1. The van der Waals surface area contributed by atoms with Crippen molar-refractivity contribution in [3.8, 4) is 5.75 Å². The number of aliphatic carboxylic acids is 1. The number of rotatable bonds is 4. The van der Waals surface area contributed by atoms with E-state index in [0.717, 1.165) is 17.6 Å². The van der Waals surface area contributed by atoms with Crippen LogP contribution in [0.15, 0.2) is 30.3 Å². The molecule has 0 saturated carbocycles. The van der Waals surface area contributed by atoms with Gasteiger partial charge in [0.25, 0.3) is 0 Å². The van der Waals surface area contributed by atoms with Crippen molar-refractivity contribution in [1.29, 1.82) is 0 Å². The van der Waals surface area contributed by atoms with Crippen LogP contribution in [0.25, 0.3) is 5.57 Å². The van der Waals surface area contributed by atoms with E-state index in [4.69, 9.17) is 9.84 Å². The number of likely N-dealkylation sites (tertiary alicyclic amines) is 1. The summed E-state index contributed by atoms with van der Waals surface area (Å²) in [5, 5.41) is 9.13. The topological polar surface area (TPSA) is 66.8 Å². The van der Waals surface area contributed by atoms with Crippen molar-refractivity contribution in [3.05, 3.63) is 35.9 Å². The van der Waals surface area contributed by atoms with Crippen LogP contribution in [0.4, 0.5) is 0 Å². The van der Waals surface area contributed by atoms with Gasteiger partial charge in [-0.25, -0.2) is 4.79 Å². The molecule has 1 amide bonds. The Kier molecular flexibility index (Phi) is 4.62. The molecule has 1 aliphatic heterocycles. The largest absolute Gasteiger partial charge is 0.496 e. The quantitative estimate of drug-likeness (QED) is 0.863. The molecule has 1 heterocycles. The zero-order chi connectivity index (χ0) is 15.4. The standard InChI is InChI=1S/C16H19NO4/c1-11(12-6-3-4-8-14(12)21-2)10-15(18)17-9-5-7-13(17)16(19)20/h3-4,6,8,10,13H,5,7,9H2,1-2H3,(H,19,20). The van der Waals surface area contributed by atoms with Crippen LogP contribution >= 0.6 is 0 Å². The van der Waals surface area contributed by atoms with Gasteiger partial charge < -0.3 is 14.7 Å². The molecular weight excluding hydrogens is 270 g/mol. The van der Waals surface area contributed by atoms with Gasteiger partial charge >= 0.3 is 5.97 Å². The number of amides is 1. The number of ether oxygens (including phenoxy) is 1. The lowest BCUT2D eigenvalue weighted by Crippen LogP contribution is -2.39. The van der Waals surface area contributed by atoms with E-state index in [-0.39, 0.29) is 5.91 Å². The van der Waals surface area contributed by atoms with E-state index < -0.39 is 12.0 Å². The summed E-state index contributed by atoms with van der Waals surface area (Å²) in [5.74, 6) is -0.511. The van der Waals surface area contributed by atoms with Gasteiger partial charge in [0.15, 0.2) is 0 Å². The third kappa shape index (κ3) is 3.24. The highest BCUT2D eigenvalue weighted by Crippen LogP contribution is 2.26. The molecule has 1 saturated heterocycles. The van der Waals surface area contributed by atoms with Gasteiger partial charge in [0, 0.05) is 18.2 Å². The molecule has 1 N–H and O–H groups in total. The Labute approximate surface area is 123 Å². The number of nitrogens with zero attached hydrogens (tertiary/aromatic N) is 1. The van der Waals surface area contributed by atoms with Crippen molar-refractivity contribution < 1.29 is 19.4 Å². The second-order valence-electron chi connectivity index (χ2n) is 5.06. The second kappa shape index (κ2) is 6.43. The zero-order valence-corrected chi connectivity index (χ0v) is 12.2. The lowest BCUT2D eigenvalue weighted by Gasteiger charge is -2.20. The summed E-state index contributed by atoms with van der Waals surface area (Å²) in [6.07, 6.45) is 2.73. The van der Waals surface area contributed by atoms with Crippen LogP contribution in [0.3, 0.4) is 0 Å². The molecule has 5 nitrogen and oxygen atoms in total. The Balaban J connectivity index is 2.22. The predicted molar refractivity (Wildman–Crippen MR) is 79.0 cm³/mol. The number of para-hydroxylation sites is 1. The molecule has 1 aromatic carbocycles. The van der Waals surface area contributed by atoms with Gasteiger partial charge in [0.1, 0.15) is 11.8 Å². The van der Waals surface area contributed by atoms with Gasteiger partial charge in [0.2, 0.25) is 5.91 Å². The molecule has 0 aliphatic carbocycles. The highest BCUT2D eigenvalue weighted by Gasteiger charge is 2.33. The number of methoxy groups -OCH3 is 1. The van der Waals surface area contributed by atoms with Crippen molar-refractivity contribution in [1.82, 2.24) is 4.90 Å². The van der Waals surface area contributed by atoms with E-state index >= 15 is 0 Å². The monoisotopic (exact) mass is 289 g/mol. The van der Waals surface area contributed by atoms with Crippen molar-refractivity contribution in [2.24, 2.45) is 0 Å². The van der Waals surface area contributed by atoms with Crippen LogP contribution in [0.1, 0.15) is 25.3 Å². The van der Waals surface area contributed by atoms with E-state index in [1.54, 1.807) is 7.11 Å². The van der Waals surface area contributed by atoms with Crippen molar-refractivity contribution in [3.63, 3.8) is 0 Å². The van der Waals surface area contributed by atoms with Crippen LogP contribution in [-0.4, -0.2) is 41.6 Å². The van der Waals surface area contributed by atoms with Gasteiger partial charge in [-0.2, -0.15) is 0 Å². The molecule has 1 atom stereocenters. The van der Waals surface area contributed by atoms with Crippen LogP contribution in [0.2, 0.25) is 0 Å². The fourth-order valence-corrected chi connectivity index (χ4v) is 2.60. The molecular formula is C16H19NO4. The number of hydrogen-bond acceptors (Lipinski definition) is 3. The van der Waals surface area contributed by atoms with E-state index in [0.29, 0.717) is 18.7 Å². The molecule has 5 heteroatoms. The van der Waals surface area contributed by atoms with E-state index in [9.17, 15) is 9.59 Å². The molecule has 0 aromatic heterocycles. The Morgan fingerprint density at radius 1 is 1.38 bits per heavy atom. The predicted octanol–water partition coefficient (Wildman–Crippen LogP) is 2.17. The number of carboxylic acid groups (broad SMARTS) is 1. The zero-order valence-electron chi connectivity index (χ0n) is 12.2. The number of benzene rings is 1. The highest BCUT2D eigenvalue weighted by molar-refractivity contribution is 5.97. The summed E-state index contributed by atoms with van der Waals surface area (Å²) in [6.45, 7) is 2.31. The van der Waals surface area contributed by atoms with Gasteiger partial charge in [-0.3, -0.25) is 4.79 Å². The Morgan fingerprint density at radius 2 is 2.10 bits per heavy atom. The van der Waals surface area contributed by atoms with Crippen molar-refractivity contribution in [2.45, 2.75) is 25.8 Å². The number of carboxylic acids is 1. The highest BCUT2D eigenvalue weighted by atomic mass is 16.5. The maximum Gasteiger partial charge on any atom is 0.326 e. The van der Waals surface area contributed by atoms with Crippen LogP contribution in [-0.2, 0) is 9.59 Å². The molecule has 0 bridgehead atoms. The maximum atomic E-state index is 12.3. The molecule has 1 aliphatic rings. The first-order valence-corrected chi connectivity index (χ1v) is 6.89. The number of carbonyl (C=O) groups is 2. The fraction of sp³-hybridized carbons (Fsp3) is 0.375. The lowest BCUT2D eigenvalue weighted by atomic mass is 10.1. The van der Waals surface area contributed by atoms with Gasteiger partial charge in [-0.05, 0) is 31.4 Å². The molecule has 0 spiro atoms. The van der Waals surface area contributed by atoms with Crippen LogP contribution in [0, 0.1) is 0 Å². The minimum atomic E-state index is -0.941. The molecule has 1 fully saturated rings. The summed E-state index contributed by atoms with van der Waals surface area (Å²) < 4.78 is 5.27. The normalized spacial score (nSPS) is 18.7. The summed E-state index contributed by atoms with van der Waals surface area (Å²) in [4.78, 5) is 24.8. The van der Waals surface area contributed by atoms with Gasteiger partial charge in [0.05, 0.1) is 7.11 Å². The van der Waals surface area contributed by atoms with Gasteiger partial charge in [-0.1, -0.05) is 18.2 Å². The minimum absolute atomic E-state index is 0.261. The first kappa shape index (κ1) is 15.1. The fourth-order valence-electron chi connectivity index (χ4n) is 2.60. The first-order valence-electron chi connectivity index (χ1n) is 6.89. The number of carbonyl (C=O) groups excluding carboxylic acids is 1. The SMILES string of the molecule is COc1ccccc1C(C)=CC(=O)N1CCCC1C(=O)O. The Morgan fingerprint density at radius 3 is 2.76 bits per heavy atom. The summed E-state index contributed by atoms with van der Waals surface area (Å²) in [6, 6.07) is 6.72. The van der Waals surface area contributed by atoms with Crippen molar-refractivity contribution in [2.75, 3.05) is 13.7 Å². The van der Waals surface area contributed by atoms with Crippen LogP contribution in [0.5, 0.6) is 5.75 Å². The minimum Gasteiger partial charge on any atom is -0.496 e. The van der Waals surface area contributed by atoms with E-state index in [1.807, 2.05) is 31.2 Å². The van der Waals surface area contributed by atoms with E-state index in [1.165, 1.54) is 11.0 Å². The first-order chi connectivity index (χ1) is 10.0. The Hall–Kier alpha value is -2.30. The molecule has 112 valence electrons. The summed E-state index contributed by atoms with van der Waals surface area (Å²) in [7, 11) is 1.58. The molecule has 0 radical (unpaired) electrons. The van der Waals surface area contributed by atoms with E-state index in [2.05, 4.69) is 0 Å². The summed E-state index contributed by atoms with van der Waals surface area (Å²) >= 11 is 0. The number of hydrogen-bond donors (Lipinski definition) is 1. The third-order valence-electron chi connectivity index (χ3n) is 3.69. The lowest BCUT2D eigenvalue weighted by molar-refractivity contribution is -0.146. The second-order valence-corrected chi connectivity index (χ2v) is 5.06. The average molecular weight is 289 g/mol. The van der Waals surface area contributed by atoms with Crippen LogP contribution < -0.4 is 4.74 Å². The molecule has 1 aromatic rings. The Bertz CT molecular complexity index is 579. The average Bonchev–Trinajstić information content (AvgIpc) is 2.96. The van der Waals surface area contributed by atoms with Gasteiger partial charge in [-0.15, -0.1) is 0 Å². The molecule has 1 unspecified atom stereocenters. The molecule has 2 rings (SSSR count).